The van der Waals surface area contributed by atoms with Gasteiger partial charge in [-0.15, -0.1) is 0 Å². The molecule has 20 heavy (non-hydrogen) atoms. The molecule has 0 heterocycles. The van der Waals surface area contributed by atoms with Gasteiger partial charge >= 0.3 is 11.9 Å². The van der Waals surface area contributed by atoms with Gasteiger partial charge in [-0.2, -0.15) is 0 Å². The Labute approximate surface area is 115 Å². The standard InChI is InChI=1S/C13H16O7/c14-7-11(15)8-19-5-6-20-13(18)10-3-1-9(2-4-10)12(16)17/h1-4,11,14-15H,5-8H2,(H,16,17). The Balaban J connectivity index is 2.30. The summed E-state index contributed by atoms with van der Waals surface area (Å²) in [6.45, 7) is -0.343. The van der Waals surface area contributed by atoms with Crippen LogP contribution in [0.1, 0.15) is 20.7 Å². The number of ether oxygens (including phenoxy) is 2. The van der Waals surface area contributed by atoms with Gasteiger partial charge in [0, 0.05) is 0 Å². The lowest BCUT2D eigenvalue weighted by molar-refractivity contribution is -0.0108. The molecule has 1 rings (SSSR count). The maximum Gasteiger partial charge on any atom is 0.338 e. The van der Waals surface area contributed by atoms with Gasteiger partial charge in [0.25, 0.3) is 0 Å². The zero-order chi connectivity index (χ0) is 15.0. The molecule has 0 saturated heterocycles. The van der Waals surface area contributed by atoms with Gasteiger partial charge in [-0.25, -0.2) is 9.59 Å². The van der Waals surface area contributed by atoms with Gasteiger partial charge in [0.1, 0.15) is 12.7 Å². The molecule has 0 fully saturated rings. The fourth-order valence-corrected chi connectivity index (χ4v) is 1.30. The molecular formula is C13H16O7. The maximum absolute atomic E-state index is 11.6. The summed E-state index contributed by atoms with van der Waals surface area (Å²) < 4.78 is 9.85. The van der Waals surface area contributed by atoms with Gasteiger partial charge < -0.3 is 24.8 Å². The summed E-state index contributed by atoms with van der Waals surface area (Å²) in [6.07, 6.45) is -0.950. The quantitative estimate of drug-likeness (QED) is 0.451. The molecular weight excluding hydrogens is 268 g/mol. The summed E-state index contributed by atoms with van der Waals surface area (Å²) in [6, 6.07) is 5.35. The number of hydrogen-bond acceptors (Lipinski definition) is 6. The molecule has 0 aromatic heterocycles. The highest BCUT2D eigenvalue weighted by Crippen LogP contribution is 2.06. The number of rotatable bonds is 8. The molecule has 3 N–H and O–H groups in total. The van der Waals surface area contributed by atoms with E-state index >= 15 is 0 Å². The van der Waals surface area contributed by atoms with Gasteiger partial charge in [-0.05, 0) is 24.3 Å². The van der Waals surface area contributed by atoms with Crippen molar-refractivity contribution in [3.8, 4) is 0 Å². The van der Waals surface area contributed by atoms with Crippen LogP contribution in [-0.4, -0.2) is 59.8 Å². The Hall–Kier alpha value is -1.96. The highest BCUT2D eigenvalue weighted by atomic mass is 16.6. The van der Waals surface area contributed by atoms with Crippen LogP contribution in [-0.2, 0) is 9.47 Å². The van der Waals surface area contributed by atoms with Crippen molar-refractivity contribution < 1.29 is 34.4 Å². The van der Waals surface area contributed by atoms with Crippen LogP contribution in [0.5, 0.6) is 0 Å². The molecule has 0 spiro atoms. The monoisotopic (exact) mass is 284 g/mol. The number of hydrogen-bond donors (Lipinski definition) is 3. The summed E-state index contributed by atoms with van der Waals surface area (Å²) in [5, 5.41) is 26.2. The number of benzene rings is 1. The number of aromatic carboxylic acids is 1. The number of carboxylic acid groups (broad SMARTS) is 1. The Morgan fingerprint density at radius 1 is 1.10 bits per heavy atom. The van der Waals surface area contributed by atoms with E-state index in [4.69, 9.17) is 24.8 Å². The van der Waals surface area contributed by atoms with Crippen LogP contribution in [0.4, 0.5) is 0 Å². The minimum Gasteiger partial charge on any atom is -0.478 e. The zero-order valence-electron chi connectivity index (χ0n) is 10.7. The predicted molar refractivity (Wildman–Crippen MR) is 67.6 cm³/mol. The van der Waals surface area contributed by atoms with Crippen LogP contribution >= 0.6 is 0 Å². The summed E-state index contributed by atoms with van der Waals surface area (Å²) in [5.74, 6) is -1.66. The fourth-order valence-electron chi connectivity index (χ4n) is 1.30. The average Bonchev–Trinajstić information content (AvgIpc) is 2.46. The summed E-state index contributed by atoms with van der Waals surface area (Å²) in [4.78, 5) is 22.2. The summed E-state index contributed by atoms with van der Waals surface area (Å²) in [5.41, 5.74) is 0.327. The van der Waals surface area contributed by atoms with Crippen molar-refractivity contribution in [1.82, 2.24) is 0 Å². The van der Waals surface area contributed by atoms with Crippen molar-refractivity contribution in [3.05, 3.63) is 35.4 Å². The van der Waals surface area contributed by atoms with E-state index in [1.165, 1.54) is 24.3 Å². The van der Waals surface area contributed by atoms with E-state index < -0.39 is 24.6 Å². The molecule has 7 heteroatoms. The smallest absolute Gasteiger partial charge is 0.338 e. The lowest BCUT2D eigenvalue weighted by Gasteiger charge is -2.08. The number of carbonyl (C=O) groups is 2. The van der Waals surface area contributed by atoms with Crippen molar-refractivity contribution in [2.75, 3.05) is 26.4 Å². The van der Waals surface area contributed by atoms with E-state index in [1.807, 2.05) is 0 Å². The molecule has 0 saturated carbocycles. The number of carbonyl (C=O) groups excluding carboxylic acids is 1. The fraction of sp³-hybridized carbons (Fsp3) is 0.385. The maximum atomic E-state index is 11.6. The van der Waals surface area contributed by atoms with Gasteiger partial charge in [0.15, 0.2) is 0 Å². The first-order chi connectivity index (χ1) is 9.54. The molecule has 1 unspecified atom stereocenters. The molecule has 0 aliphatic rings. The predicted octanol–water partition coefficient (Wildman–Crippen LogP) is -0.0886. The minimum absolute atomic E-state index is 0.00232. The zero-order valence-corrected chi connectivity index (χ0v) is 10.7. The third-order valence-corrected chi connectivity index (χ3v) is 2.35. The largest absolute Gasteiger partial charge is 0.478 e. The van der Waals surface area contributed by atoms with Crippen molar-refractivity contribution in [3.63, 3.8) is 0 Å². The minimum atomic E-state index is -1.07. The Bertz CT molecular complexity index is 441. The number of esters is 1. The van der Waals surface area contributed by atoms with E-state index in [1.54, 1.807) is 0 Å². The van der Waals surface area contributed by atoms with E-state index in [0.29, 0.717) is 0 Å². The summed E-state index contributed by atoms with van der Waals surface area (Å²) >= 11 is 0. The summed E-state index contributed by atoms with van der Waals surface area (Å²) in [7, 11) is 0. The number of aliphatic hydroxyl groups is 2. The number of carboxylic acids is 1. The van der Waals surface area contributed by atoms with Gasteiger partial charge in [-0.1, -0.05) is 0 Å². The van der Waals surface area contributed by atoms with E-state index in [9.17, 15) is 9.59 Å². The lowest BCUT2D eigenvalue weighted by Crippen LogP contribution is -2.21. The molecule has 7 nitrogen and oxygen atoms in total. The topological polar surface area (TPSA) is 113 Å². The van der Waals surface area contributed by atoms with Crippen molar-refractivity contribution >= 4 is 11.9 Å². The third-order valence-electron chi connectivity index (χ3n) is 2.35. The van der Waals surface area contributed by atoms with Gasteiger partial charge in [0.05, 0.1) is 30.9 Å². The highest BCUT2D eigenvalue weighted by Gasteiger charge is 2.09. The van der Waals surface area contributed by atoms with Crippen molar-refractivity contribution in [1.29, 1.82) is 0 Å². The van der Waals surface area contributed by atoms with Crippen LogP contribution in [0.2, 0.25) is 0 Å². The van der Waals surface area contributed by atoms with Gasteiger partial charge in [-0.3, -0.25) is 0 Å². The van der Waals surface area contributed by atoms with Crippen molar-refractivity contribution in [2.45, 2.75) is 6.10 Å². The second kappa shape index (κ2) is 8.26. The van der Waals surface area contributed by atoms with Crippen LogP contribution in [0.3, 0.4) is 0 Å². The van der Waals surface area contributed by atoms with Crippen molar-refractivity contribution in [2.24, 2.45) is 0 Å². The molecule has 0 bridgehead atoms. The molecule has 1 aromatic rings. The van der Waals surface area contributed by atoms with Crippen LogP contribution < -0.4 is 0 Å². The first-order valence-electron chi connectivity index (χ1n) is 5.91. The molecule has 1 aromatic carbocycles. The van der Waals surface area contributed by atoms with Crippen LogP contribution in [0, 0.1) is 0 Å². The third kappa shape index (κ3) is 5.35. The van der Waals surface area contributed by atoms with Gasteiger partial charge in [0.2, 0.25) is 0 Å². The first-order valence-corrected chi connectivity index (χ1v) is 5.91. The lowest BCUT2D eigenvalue weighted by atomic mass is 10.1. The highest BCUT2D eigenvalue weighted by molar-refractivity contribution is 5.92. The SMILES string of the molecule is O=C(O)c1ccc(C(=O)OCCOCC(O)CO)cc1. The number of aliphatic hydroxyl groups excluding tert-OH is 2. The average molecular weight is 284 g/mol. The van der Waals surface area contributed by atoms with E-state index in [2.05, 4.69) is 0 Å². The first kappa shape index (κ1) is 16.1. The molecule has 0 aliphatic heterocycles. The van der Waals surface area contributed by atoms with E-state index in [-0.39, 0.29) is 30.9 Å². The van der Waals surface area contributed by atoms with E-state index in [0.717, 1.165) is 0 Å². The Kier molecular flexibility index (Phi) is 6.65. The second-order valence-electron chi connectivity index (χ2n) is 3.93. The molecule has 0 aliphatic carbocycles. The molecule has 1 atom stereocenters. The Morgan fingerprint density at radius 2 is 1.70 bits per heavy atom. The Morgan fingerprint density at radius 3 is 2.25 bits per heavy atom. The molecule has 0 radical (unpaired) electrons. The molecule has 110 valence electrons. The molecule has 0 amide bonds. The second-order valence-corrected chi connectivity index (χ2v) is 3.93. The van der Waals surface area contributed by atoms with Crippen LogP contribution in [0.15, 0.2) is 24.3 Å². The normalized spacial score (nSPS) is 11.9. The van der Waals surface area contributed by atoms with Crippen LogP contribution in [0.25, 0.3) is 0 Å².